The smallest absolute Gasteiger partial charge is 0.130 e. The number of pyridine rings is 1. The predicted octanol–water partition coefficient (Wildman–Crippen LogP) is 1.50. The molecule has 20 heavy (non-hydrogen) atoms. The number of ether oxygens (including phenoxy) is 2. The molecule has 1 spiro atoms. The van der Waals surface area contributed by atoms with Gasteiger partial charge in [0.1, 0.15) is 11.4 Å². The summed E-state index contributed by atoms with van der Waals surface area (Å²) in [5.41, 5.74) is 1.14. The van der Waals surface area contributed by atoms with Gasteiger partial charge in [0.15, 0.2) is 0 Å². The molecule has 1 aromatic rings. The van der Waals surface area contributed by atoms with Gasteiger partial charge in [-0.2, -0.15) is 0 Å². The van der Waals surface area contributed by atoms with Crippen LogP contribution in [0, 0.1) is 0 Å². The molecule has 0 aromatic carbocycles. The Hall–Kier alpha value is -1.17. The van der Waals surface area contributed by atoms with Crippen molar-refractivity contribution < 1.29 is 9.47 Å². The van der Waals surface area contributed by atoms with Crippen LogP contribution in [0.4, 0.5) is 5.82 Å². The fourth-order valence-corrected chi connectivity index (χ4v) is 3.49. The molecule has 0 radical (unpaired) electrons. The average Bonchev–Trinajstić information content (AvgIpc) is 3.07. The second-order valence-electron chi connectivity index (χ2n) is 5.67. The number of anilines is 1. The molecule has 2 fully saturated rings. The number of aromatic nitrogens is 1. The lowest BCUT2D eigenvalue weighted by Gasteiger charge is -2.28. The molecule has 0 bridgehead atoms. The molecule has 1 N–H and O–H groups in total. The van der Waals surface area contributed by atoms with Crippen LogP contribution in [-0.4, -0.2) is 55.4 Å². The van der Waals surface area contributed by atoms with Crippen LogP contribution in [0.25, 0.3) is 0 Å². The molecule has 3 heterocycles. The summed E-state index contributed by atoms with van der Waals surface area (Å²) in [5.74, 6) is 0.953. The van der Waals surface area contributed by atoms with Gasteiger partial charge in [-0.25, -0.2) is 4.98 Å². The van der Waals surface area contributed by atoms with Crippen molar-refractivity contribution in [2.45, 2.75) is 31.1 Å². The maximum Gasteiger partial charge on any atom is 0.130 e. The highest BCUT2D eigenvalue weighted by Gasteiger charge is 2.49. The third-order valence-corrected chi connectivity index (χ3v) is 4.44. The molecule has 0 amide bonds. The second-order valence-corrected chi connectivity index (χ2v) is 5.67. The lowest BCUT2D eigenvalue weighted by atomic mass is 9.96. The lowest BCUT2D eigenvalue weighted by molar-refractivity contribution is -0.0756. The van der Waals surface area contributed by atoms with Crippen LogP contribution in [0.5, 0.6) is 0 Å². The van der Waals surface area contributed by atoms with Crippen LogP contribution in [0.1, 0.15) is 18.4 Å². The van der Waals surface area contributed by atoms with Gasteiger partial charge in [-0.1, -0.05) is 6.07 Å². The molecule has 5 heteroatoms. The quantitative estimate of drug-likeness (QED) is 0.904. The maximum absolute atomic E-state index is 6.03. The summed E-state index contributed by atoms with van der Waals surface area (Å²) in [6.07, 6.45) is 4.24. The van der Waals surface area contributed by atoms with Gasteiger partial charge in [-0.15, -0.1) is 0 Å². The number of rotatable bonds is 4. The molecule has 0 saturated carbocycles. The van der Waals surface area contributed by atoms with Gasteiger partial charge in [0.05, 0.1) is 6.10 Å². The molecule has 2 aliphatic heterocycles. The third-order valence-electron chi connectivity index (χ3n) is 4.44. The fourth-order valence-electron chi connectivity index (χ4n) is 3.49. The van der Waals surface area contributed by atoms with E-state index in [0.717, 1.165) is 44.9 Å². The van der Waals surface area contributed by atoms with Crippen LogP contribution in [-0.2, 0) is 16.0 Å². The van der Waals surface area contributed by atoms with E-state index in [9.17, 15) is 0 Å². The Bertz CT molecular complexity index is 460. The molecule has 2 saturated heterocycles. The minimum absolute atomic E-state index is 0.0865. The van der Waals surface area contributed by atoms with Crippen LogP contribution in [0.15, 0.2) is 18.3 Å². The Morgan fingerprint density at radius 3 is 3.20 bits per heavy atom. The van der Waals surface area contributed by atoms with Crippen molar-refractivity contribution in [3.05, 3.63) is 23.9 Å². The largest absolute Gasteiger partial charge is 0.377 e. The van der Waals surface area contributed by atoms with Crippen LogP contribution >= 0.6 is 0 Å². The van der Waals surface area contributed by atoms with Gasteiger partial charge in [0.2, 0.25) is 0 Å². The summed E-state index contributed by atoms with van der Waals surface area (Å²) in [7, 11) is 3.70. The Morgan fingerprint density at radius 2 is 2.50 bits per heavy atom. The van der Waals surface area contributed by atoms with Crippen molar-refractivity contribution in [2.24, 2.45) is 0 Å². The van der Waals surface area contributed by atoms with Crippen LogP contribution < -0.4 is 5.32 Å². The van der Waals surface area contributed by atoms with E-state index in [2.05, 4.69) is 21.3 Å². The Balaban J connectivity index is 1.73. The zero-order chi connectivity index (χ0) is 14.0. The standard InChI is InChI=1S/C15H23N3O2/c1-16-14-12(5-3-7-17-14)9-18-10-13(19-2)15(11-18)6-4-8-20-15/h3,5,7,13H,4,6,8-11H2,1-2H3,(H,16,17)/t13-,15-/m0/s1. The fraction of sp³-hybridized carbons (Fsp3) is 0.667. The molecule has 0 unspecified atom stereocenters. The van der Waals surface area contributed by atoms with E-state index in [1.165, 1.54) is 5.56 Å². The summed E-state index contributed by atoms with van der Waals surface area (Å²) in [4.78, 5) is 6.78. The first-order valence-corrected chi connectivity index (χ1v) is 7.28. The average molecular weight is 277 g/mol. The minimum Gasteiger partial charge on any atom is -0.377 e. The first-order chi connectivity index (χ1) is 9.77. The van der Waals surface area contributed by atoms with Gasteiger partial charge in [-0.05, 0) is 18.9 Å². The first kappa shape index (κ1) is 13.8. The number of hydrogen-bond acceptors (Lipinski definition) is 5. The van der Waals surface area contributed by atoms with Gasteiger partial charge < -0.3 is 14.8 Å². The van der Waals surface area contributed by atoms with E-state index in [1.807, 2.05) is 19.3 Å². The molecule has 3 rings (SSSR count). The minimum atomic E-state index is -0.0865. The number of hydrogen-bond donors (Lipinski definition) is 1. The van der Waals surface area contributed by atoms with Crippen molar-refractivity contribution >= 4 is 5.82 Å². The normalized spacial score (nSPS) is 30.2. The van der Waals surface area contributed by atoms with E-state index < -0.39 is 0 Å². The highest BCUT2D eigenvalue weighted by molar-refractivity contribution is 5.42. The van der Waals surface area contributed by atoms with Crippen molar-refractivity contribution in [1.29, 1.82) is 0 Å². The molecular formula is C15H23N3O2. The maximum atomic E-state index is 6.03. The van der Waals surface area contributed by atoms with Gasteiger partial charge in [-0.3, -0.25) is 4.90 Å². The summed E-state index contributed by atoms with van der Waals surface area (Å²) in [6, 6.07) is 4.11. The van der Waals surface area contributed by atoms with Crippen molar-refractivity contribution in [3.63, 3.8) is 0 Å². The number of nitrogens with one attached hydrogen (secondary N) is 1. The van der Waals surface area contributed by atoms with Gasteiger partial charge in [0, 0.05) is 52.2 Å². The number of nitrogens with zero attached hydrogens (tertiary/aromatic N) is 2. The summed E-state index contributed by atoms with van der Waals surface area (Å²) in [6.45, 7) is 3.62. The van der Waals surface area contributed by atoms with E-state index in [-0.39, 0.29) is 11.7 Å². The molecular weight excluding hydrogens is 254 g/mol. The molecule has 2 atom stereocenters. The van der Waals surface area contributed by atoms with Crippen molar-refractivity contribution in [2.75, 3.05) is 39.2 Å². The molecule has 2 aliphatic rings. The van der Waals surface area contributed by atoms with E-state index >= 15 is 0 Å². The van der Waals surface area contributed by atoms with Gasteiger partial charge >= 0.3 is 0 Å². The Labute approximate surface area is 120 Å². The summed E-state index contributed by atoms with van der Waals surface area (Å²) < 4.78 is 11.7. The number of methoxy groups -OCH3 is 1. The van der Waals surface area contributed by atoms with E-state index in [4.69, 9.17) is 9.47 Å². The highest BCUT2D eigenvalue weighted by Crippen LogP contribution is 2.37. The third kappa shape index (κ3) is 2.41. The monoisotopic (exact) mass is 277 g/mol. The van der Waals surface area contributed by atoms with Crippen LogP contribution in [0.3, 0.4) is 0 Å². The predicted molar refractivity (Wildman–Crippen MR) is 77.8 cm³/mol. The zero-order valence-electron chi connectivity index (χ0n) is 12.3. The molecule has 1 aromatic heterocycles. The van der Waals surface area contributed by atoms with E-state index in [1.54, 1.807) is 7.11 Å². The van der Waals surface area contributed by atoms with Crippen molar-refractivity contribution in [1.82, 2.24) is 9.88 Å². The SMILES string of the molecule is CNc1ncccc1CN1C[C@H](OC)[C@]2(CCCO2)C1. The van der Waals surface area contributed by atoms with Crippen LogP contribution in [0.2, 0.25) is 0 Å². The topological polar surface area (TPSA) is 46.6 Å². The van der Waals surface area contributed by atoms with Crippen molar-refractivity contribution in [3.8, 4) is 0 Å². The summed E-state index contributed by atoms with van der Waals surface area (Å²) in [5, 5.41) is 3.16. The van der Waals surface area contributed by atoms with Gasteiger partial charge in [0.25, 0.3) is 0 Å². The Morgan fingerprint density at radius 1 is 1.60 bits per heavy atom. The number of likely N-dealkylation sites (tertiary alicyclic amines) is 1. The second kappa shape index (κ2) is 5.68. The Kier molecular flexibility index (Phi) is 3.92. The highest BCUT2D eigenvalue weighted by atomic mass is 16.6. The lowest BCUT2D eigenvalue weighted by Crippen LogP contribution is -2.41. The molecule has 0 aliphatic carbocycles. The summed E-state index contributed by atoms with van der Waals surface area (Å²) >= 11 is 0. The first-order valence-electron chi connectivity index (χ1n) is 7.28. The van der Waals surface area contributed by atoms with E-state index in [0.29, 0.717) is 0 Å². The molecule has 110 valence electrons. The zero-order valence-corrected chi connectivity index (χ0v) is 12.3. The molecule has 5 nitrogen and oxygen atoms in total.